The average molecular weight is 2020 g/mol. The Morgan fingerprint density at radius 1 is 0.348 bits per heavy atom. The molecule has 15 aliphatic rings. The SMILES string of the molecule is [2H]C([2H])([2H])Oc1cc([C@@H]2c3cc4c(cc3[C@@H](O[C@@H]3O[C@@H]5CO[C@@H](C)O[C@H]5[C@H](O)[C@H]3O)[C@H]3COC(=O)[C@H]23)OCO4)cc(OC([2H])([2H])[2H])c1OP(=O)(O)O.[2H]C1([2H])OC(=O)[C@@H]2[C@H](c3cc(OC)c(OP(=O)(O)O)c(OC)c3)c3cc4c(cc3[C@@H](O[C@@H]3O[C@@H]5CO[C@@H](C)O[C@H]5[C@H](O)[C@H]3O)[C@H]21)OCO4.[2H]C1([2H])OC(=O)[C@H]2[C@H]1[C@H](O[C@@H]1O[C@@H]3CO[C@@H](C)O[C@H]3[C@H](O)[C@H]1O)c1cc3c(cc1[C@@]2([2H])c1cc(OC)c(OP(=O)(O)O)c(OC)c1)OCO3. The lowest BCUT2D eigenvalue weighted by molar-refractivity contribution is -0.364. The summed E-state index contributed by atoms with van der Waals surface area (Å²) in [6, 6.07) is 16.4. The predicted octanol–water partition coefficient (Wildman–Crippen LogP) is 3.31. The van der Waals surface area contributed by atoms with Gasteiger partial charge in [-0.25, -0.2) is 13.7 Å². The maximum Gasteiger partial charge on any atom is 0.525 e. The molecule has 0 saturated carbocycles. The lowest BCUT2D eigenvalue weighted by Crippen LogP contribution is -2.63. The molecule has 30 atom stereocenters. The van der Waals surface area contributed by atoms with Gasteiger partial charge in [0.25, 0.3) is 0 Å². The van der Waals surface area contributed by atoms with Crippen molar-refractivity contribution in [2.75, 3.05) is 102 Å². The molecule has 0 bridgehead atoms. The highest BCUT2D eigenvalue weighted by Crippen LogP contribution is 2.64. The van der Waals surface area contributed by atoms with E-state index in [0.29, 0.717) is 39.3 Å². The summed E-state index contributed by atoms with van der Waals surface area (Å²) in [5.74, 6) is -17.9. The number of rotatable bonds is 21. The van der Waals surface area contributed by atoms with Crippen LogP contribution >= 0.6 is 23.5 Å². The van der Waals surface area contributed by atoms with E-state index in [9.17, 15) is 89.4 Å². The zero-order chi connectivity index (χ0) is 107. The van der Waals surface area contributed by atoms with E-state index in [-0.39, 0.29) is 115 Å². The minimum atomic E-state index is -5.47. The second-order valence-electron chi connectivity index (χ2n) is 33.8. The third-order valence-electron chi connectivity index (χ3n) is 25.8. The number of carbonyl (C=O) groups excluding carboxylic acids is 3. The smallest absolute Gasteiger partial charge is 0.493 e. The fraction of sp³-hybridized carbons (Fsp3) is 0.552. The Hall–Kier alpha value is -9.54. The third kappa shape index (κ3) is 18.3. The summed E-state index contributed by atoms with van der Waals surface area (Å²) in [5.41, 5.74) is 1.86. The van der Waals surface area contributed by atoms with Crippen molar-refractivity contribution in [1.82, 2.24) is 0 Å². The van der Waals surface area contributed by atoms with Crippen LogP contribution in [0, 0.1) is 35.5 Å². The number of aliphatic hydroxyl groups excluding tert-OH is 6. The molecule has 12 N–H and O–H groups in total. The maximum absolute atomic E-state index is 13.8. The monoisotopic (exact) mass is 2020 g/mol. The number of cyclic esters (lactones) is 3. The molecule has 0 amide bonds. The van der Waals surface area contributed by atoms with Crippen LogP contribution in [0.25, 0.3) is 0 Å². The second-order valence-corrected chi connectivity index (χ2v) is 37.3. The molecule has 9 fully saturated rings. The lowest BCUT2D eigenvalue weighted by Gasteiger charge is -2.47. The Labute approximate surface area is 798 Å². The Bertz CT molecular complexity index is 6200. The van der Waals surface area contributed by atoms with Gasteiger partial charge in [-0.15, -0.1) is 0 Å². The number of carbonyl (C=O) groups is 3. The highest BCUT2D eigenvalue weighted by molar-refractivity contribution is 7.47. The van der Waals surface area contributed by atoms with Gasteiger partial charge in [-0.3, -0.25) is 43.7 Å². The van der Waals surface area contributed by atoms with E-state index in [1.807, 2.05) is 0 Å². The van der Waals surface area contributed by atoms with Crippen molar-refractivity contribution in [2.45, 2.75) is 168 Å². The largest absolute Gasteiger partial charge is 0.525 e. The molecule has 3 aliphatic carbocycles. The van der Waals surface area contributed by atoms with Crippen LogP contribution in [0.1, 0.15) is 122 Å². The number of hydrogen-bond donors (Lipinski definition) is 12. The minimum Gasteiger partial charge on any atom is -0.493 e. The maximum atomic E-state index is 13.8. The first kappa shape index (κ1) is 84.2. The van der Waals surface area contributed by atoms with E-state index in [1.165, 1.54) is 70.9 Å². The van der Waals surface area contributed by atoms with Gasteiger partial charge in [-0.1, -0.05) is 0 Å². The van der Waals surface area contributed by atoms with Crippen LogP contribution in [0.5, 0.6) is 86.2 Å². The van der Waals surface area contributed by atoms with Crippen LogP contribution in [-0.2, 0) is 99.1 Å². The number of phosphoric acid groups is 3. The first-order chi connectivity index (χ1) is 70.0. The van der Waals surface area contributed by atoms with E-state index in [1.54, 1.807) is 39.0 Å². The van der Waals surface area contributed by atoms with Gasteiger partial charge in [-0.05, 0) is 144 Å². The molecule has 6 aromatic carbocycles. The number of phosphoric ester groups is 3. The minimum absolute atomic E-state index is 0.00881. The van der Waals surface area contributed by atoms with Crippen LogP contribution in [0.4, 0.5) is 0 Å². The highest BCUT2D eigenvalue weighted by atomic mass is 31.2. The van der Waals surface area contributed by atoms with Crippen molar-refractivity contribution in [3.63, 3.8) is 0 Å². The van der Waals surface area contributed by atoms with E-state index in [0.717, 1.165) is 12.1 Å². The molecular formula is C87H99O48P3. The molecule has 48 nitrogen and oxygen atoms in total. The van der Waals surface area contributed by atoms with Gasteiger partial charge >= 0.3 is 41.4 Å². The zero-order valence-corrected chi connectivity index (χ0v) is 75.7. The van der Waals surface area contributed by atoms with Crippen LogP contribution in [0.3, 0.4) is 0 Å². The number of hydrogen-bond acceptors (Lipinski definition) is 42. The van der Waals surface area contributed by atoms with Gasteiger partial charge in [0.1, 0.15) is 73.2 Å². The van der Waals surface area contributed by atoms with Crippen molar-refractivity contribution in [3.8, 4) is 86.2 Å². The predicted molar refractivity (Wildman–Crippen MR) is 448 cm³/mol. The lowest BCUT2D eigenvalue weighted by atomic mass is 9.66. The molecule has 12 heterocycles. The van der Waals surface area contributed by atoms with Crippen LogP contribution in [0.15, 0.2) is 72.8 Å². The fourth-order valence-electron chi connectivity index (χ4n) is 19.9. The van der Waals surface area contributed by atoms with Crippen LogP contribution in [0.2, 0.25) is 0 Å². The highest BCUT2D eigenvalue weighted by Gasteiger charge is 2.62. The van der Waals surface area contributed by atoms with E-state index >= 15 is 0 Å². The zero-order valence-electron chi connectivity index (χ0n) is 84.0. The molecule has 0 spiro atoms. The molecule has 6 aromatic rings. The van der Waals surface area contributed by atoms with Crippen LogP contribution < -0.4 is 70.4 Å². The molecular weight excluding hydrogens is 1910 g/mol. The number of esters is 3. The number of methoxy groups -OCH3 is 6. The molecule has 51 heteroatoms. The fourth-order valence-corrected chi connectivity index (χ4v) is 21.1. The molecule has 0 unspecified atom stereocenters. The number of ether oxygens (including phenoxy) is 27. The quantitative estimate of drug-likeness (QED) is 0.0279. The van der Waals surface area contributed by atoms with Crippen LogP contribution in [-0.4, -0.2) is 291 Å². The molecule has 0 radical (unpaired) electrons. The molecule has 12 aliphatic heterocycles. The van der Waals surface area contributed by atoms with Crippen molar-refractivity contribution in [1.29, 1.82) is 0 Å². The molecule has 138 heavy (non-hydrogen) atoms. The van der Waals surface area contributed by atoms with Gasteiger partial charge in [-0.2, -0.15) is 0 Å². The normalized spacial score (nSPS) is 37.3. The molecule has 750 valence electrons. The van der Waals surface area contributed by atoms with Gasteiger partial charge in [0.15, 0.2) is 107 Å². The Kier molecular flexibility index (Phi) is 23.4. The molecule has 9 saturated heterocycles. The van der Waals surface area contributed by atoms with E-state index < -0.39 is 280 Å². The Morgan fingerprint density at radius 2 is 0.638 bits per heavy atom. The third-order valence-corrected chi connectivity index (χ3v) is 27.1. The number of benzene rings is 6. The Morgan fingerprint density at radius 3 is 0.978 bits per heavy atom. The number of fused-ring (bicyclic) bond motifs is 12. The summed E-state index contributed by atoms with van der Waals surface area (Å²) in [6.45, 7) is -1.12. The van der Waals surface area contributed by atoms with Crippen molar-refractivity contribution >= 4 is 41.4 Å². The summed E-state index contributed by atoms with van der Waals surface area (Å²) in [6.07, 6.45) is -25.1. The second kappa shape index (κ2) is 38.4. The average Bonchev–Trinajstić information content (AvgIpc) is 1.58. The van der Waals surface area contributed by atoms with Gasteiger partial charge in [0.2, 0.25) is 37.6 Å². The number of aliphatic hydroxyl groups is 6. The Balaban J connectivity index is 0.000000140. The summed E-state index contributed by atoms with van der Waals surface area (Å²) < 4.78 is 293. The summed E-state index contributed by atoms with van der Waals surface area (Å²) in [4.78, 5) is 98.4. The van der Waals surface area contributed by atoms with E-state index in [2.05, 4.69) is 0 Å². The van der Waals surface area contributed by atoms with E-state index in [4.69, 9.17) is 155 Å². The summed E-state index contributed by atoms with van der Waals surface area (Å²) in [5, 5.41) is 66.3. The summed E-state index contributed by atoms with van der Waals surface area (Å²) in [7, 11) is -17.3. The van der Waals surface area contributed by atoms with Crippen molar-refractivity contribution in [2.24, 2.45) is 35.5 Å². The first-order valence-corrected chi connectivity index (χ1v) is 47.2. The van der Waals surface area contributed by atoms with Gasteiger partial charge < -0.3 is 172 Å². The van der Waals surface area contributed by atoms with Crippen molar-refractivity contribution < 1.29 is 245 Å². The first-order valence-electron chi connectivity index (χ1n) is 48.1. The molecule has 21 rings (SSSR count). The van der Waals surface area contributed by atoms with Gasteiger partial charge in [0, 0.05) is 36.9 Å². The van der Waals surface area contributed by atoms with Gasteiger partial charge in [0.05, 0.1) is 132 Å². The summed E-state index contributed by atoms with van der Waals surface area (Å²) >= 11 is 0. The standard InChI is InChI=1S/3C29H33O16P/c3*1-11-38-9-20-27(42-11)23(30)24(31)29(43-20)44-25-14-7-17-16(40-10-41-17)6-13(14)21(22-15(25)8-39-28(22)32)12-4-18(36-2)26(19(5-12)37-3)45-46(33,34)35/h3*4-7,11,15,20-25,27,29-31H,8-10H2,1-3H3,(H2,33,34,35)/t3*11-,15+,20-,21-,22+,23-,24-,25-,27-,29+/m111/s1/i8D2,21D;2D3,3D3;8D2. The molecule has 0 aromatic heterocycles. The van der Waals surface area contributed by atoms with Crippen molar-refractivity contribution in [3.05, 3.63) is 123 Å². The topological polar surface area (TPSA) is 622 Å².